The molecule has 3 nitrogen and oxygen atoms in total. The molecule has 2 aliphatic carbocycles. The lowest BCUT2D eigenvalue weighted by atomic mass is 9.86. The summed E-state index contributed by atoms with van der Waals surface area (Å²) in [6.07, 6.45) is 12.8. The van der Waals surface area contributed by atoms with E-state index >= 15 is 0 Å². The summed E-state index contributed by atoms with van der Waals surface area (Å²) in [5, 5.41) is 11.5. The van der Waals surface area contributed by atoms with Crippen molar-refractivity contribution >= 4 is 51.0 Å². The molecule has 0 heterocycles. The zero-order valence-corrected chi connectivity index (χ0v) is 13.8. The Labute approximate surface area is 144 Å². The van der Waals surface area contributed by atoms with Crippen molar-refractivity contribution in [3.63, 3.8) is 0 Å². The fraction of sp³-hybridized carbons (Fsp3) is 0.111. The molecule has 0 amide bonds. The van der Waals surface area contributed by atoms with E-state index in [1.807, 2.05) is 42.5 Å². The number of nitrogens with zero attached hydrogens (tertiary/aromatic N) is 1. The quantitative estimate of drug-likeness (QED) is 0.440. The first kappa shape index (κ1) is 15.6. The first-order chi connectivity index (χ1) is 11.1. The van der Waals surface area contributed by atoms with Gasteiger partial charge in [0.15, 0.2) is 0 Å². The van der Waals surface area contributed by atoms with Crippen LogP contribution in [0.3, 0.4) is 0 Å². The smallest absolute Gasteiger partial charge is 0.258 e. The van der Waals surface area contributed by atoms with Crippen LogP contribution in [-0.4, -0.2) is 14.7 Å². The largest absolute Gasteiger partial charge is 0.277 e. The highest BCUT2D eigenvalue weighted by Gasteiger charge is 2.26. The van der Waals surface area contributed by atoms with Gasteiger partial charge in [-0.15, -0.1) is 0 Å². The van der Waals surface area contributed by atoms with Gasteiger partial charge < -0.3 is 0 Å². The van der Waals surface area contributed by atoms with Crippen LogP contribution in [0.5, 0.6) is 0 Å². The van der Waals surface area contributed by atoms with Gasteiger partial charge in [0, 0.05) is 34.2 Å². The molecule has 0 aromatic heterocycles. The number of nitro groups is 1. The molecule has 0 N–H and O–H groups in total. The molecule has 0 fully saturated rings. The summed E-state index contributed by atoms with van der Waals surface area (Å²) >= 11 is 10.9. The van der Waals surface area contributed by atoms with E-state index in [0.29, 0.717) is 23.3 Å². The van der Waals surface area contributed by atoms with Gasteiger partial charge in [0.05, 0.1) is 10.5 Å². The summed E-state index contributed by atoms with van der Waals surface area (Å²) in [6, 6.07) is 5.09. The number of nitro benzene ring substituents is 1. The van der Waals surface area contributed by atoms with E-state index in [1.165, 1.54) is 6.07 Å². The van der Waals surface area contributed by atoms with Crippen molar-refractivity contribution in [3.8, 4) is 0 Å². The summed E-state index contributed by atoms with van der Waals surface area (Å²) in [5.74, 6) is 0. The van der Waals surface area contributed by atoms with E-state index in [0.717, 1.165) is 21.6 Å². The first-order valence-corrected chi connectivity index (χ1v) is 7.99. The number of allylic oxidation sites excluding steroid dienone is 8. The van der Waals surface area contributed by atoms with Gasteiger partial charge in [0.1, 0.15) is 0 Å². The highest BCUT2D eigenvalue weighted by molar-refractivity contribution is 7.81. The maximum Gasteiger partial charge on any atom is 0.277 e. The Morgan fingerprint density at radius 1 is 0.957 bits per heavy atom. The molecule has 5 heteroatoms. The third-order valence-electron chi connectivity index (χ3n) is 3.80. The van der Waals surface area contributed by atoms with Gasteiger partial charge in [-0.25, -0.2) is 0 Å². The zero-order chi connectivity index (χ0) is 16.4. The maximum absolute atomic E-state index is 11.5. The van der Waals surface area contributed by atoms with E-state index in [4.69, 9.17) is 24.4 Å². The Bertz CT molecular complexity index is 845. The van der Waals surface area contributed by atoms with Crippen molar-refractivity contribution in [3.05, 3.63) is 75.9 Å². The number of rotatable bonds is 3. The van der Waals surface area contributed by atoms with Crippen LogP contribution in [0.4, 0.5) is 5.69 Å². The highest BCUT2D eigenvalue weighted by atomic mass is 32.1. The van der Waals surface area contributed by atoms with Crippen LogP contribution in [-0.2, 0) is 0 Å². The third-order valence-corrected chi connectivity index (χ3v) is 4.58. The molecule has 0 atom stereocenters. The molecule has 0 bridgehead atoms. The molecule has 1 aromatic rings. The molecule has 0 spiro atoms. The standard InChI is InChI=1S/C18H13NO2S2/c20-19(21)15-9-5-8-13(12-6-1-3-10-16(12)22)18(15)14-7-2-4-11-17(14)23/h1-9H,10-11H2. The van der Waals surface area contributed by atoms with E-state index in [1.54, 1.807) is 6.07 Å². The van der Waals surface area contributed by atoms with Crippen LogP contribution in [0, 0.1) is 10.1 Å². The molecule has 0 radical (unpaired) electrons. The summed E-state index contributed by atoms with van der Waals surface area (Å²) in [5.41, 5.74) is 3.00. The molecule has 23 heavy (non-hydrogen) atoms. The minimum absolute atomic E-state index is 0.0599. The third kappa shape index (κ3) is 2.98. The monoisotopic (exact) mass is 339 g/mol. The Kier molecular flexibility index (Phi) is 4.41. The van der Waals surface area contributed by atoms with Crippen molar-refractivity contribution in [2.45, 2.75) is 12.8 Å². The van der Waals surface area contributed by atoms with Gasteiger partial charge in [-0.05, 0) is 11.1 Å². The van der Waals surface area contributed by atoms with Crippen molar-refractivity contribution in [2.24, 2.45) is 0 Å². The number of hydrogen-bond acceptors (Lipinski definition) is 4. The topological polar surface area (TPSA) is 43.1 Å². The van der Waals surface area contributed by atoms with Crippen molar-refractivity contribution in [1.82, 2.24) is 0 Å². The van der Waals surface area contributed by atoms with Crippen LogP contribution in [0.2, 0.25) is 0 Å². The van der Waals surface area contributed by atoms with E-state index in [9.17, 15) is 10.1 Å². The lowest BCUT2D eigenvalue weighted by molar-refractivity contribution is -0.385. The second kappa shape index (κ2) is 6.48. The number of benzene rings is 1. The molecule has 0 saturated carbocycles. The predicted octanol–water partition coefficient (Wildman–Crippen LogP) is 5.02. The lowest BCUT2D eigenvalue weighted by Gasteiger charge is -2.18. The minimum Gasteiger partial charge on any atom is -0.258 e. The minimum atomic E-state index is -0.358. The fourth-order valence-corrected chi connectivity index (χ4v) is 3.29. The summed E-state index contributed by atoms with van der Waals surface area (Å²) in [4.78, 5) is 12.7. The Balaban J connectivity index is 2.29. The molecule has 0 unspecified atom stereocenters. The van der Waals surface area contributed by atoms with Crippen LogP contribution < -0.4 is 0 Å². The molecule has 114 valence electrons. The van der Waals surface area contributed by atoms with Crippen molar-refractivity contribution < 1.29 is 4.92 Å². The fourth-order valence-electron chi connectivity index (χ4n) is 2.75. The summed E-state index contributed by atoms with van der Waals surface area (Å²) < 4.78 is 0. The van der Waals surface area contributed by atoms with Gasteiger partial charge in [-0.3, -0.25) is 10.1 Å². The van der Waals surface area contributed by atoms with Crippen LogP contribution in [0.25, 0.3) is 11.1 Å². The molecule has 2 aliphatic rings. The SMILES string of the molecule is O=[N+]([O-])c1cccc(C2=CC=CCC2=S)c1C1=CC=CCC1=S. The average molecular weight is 339 g/mol. The van der Waals surface area contributed by atoms with Gasteiger partial charge in [-0.1, -0.05) is 73.0 Å². The normalized spacial score (nSPS) is 17.0. The summed E-state index contributed by atoms with van der Waals surface area (Å²) in [6.45, 7) is 0. The predicted molar refractivity (Wildman–Crippen MR) is 102 cm³/mol. The Morgan fingerprint density at radius 2 is 1.57 bits per heavy atom. The molecular weight excluding hydrogens is 326 g/mol. The second-order valence-electron chi connectivity index (χ2n) is 5.23. The zero-order valence-electron chi connectivity index (χ0n) is 12.2. The van der Waals surface area contributed by atoms with E-state index < -0.39 is 0 Å². The van der Waals surface area contributed by atoms with Crippen molar-refractivity contribution in [2.75, 3.05) is 0 Å². The van der Waals surface area contributed by atoms with Crippen LogP contribution in [0.1, 0.15) is 24.0 Å². The van der Waals surface area contributed by atoms with Gasteiger partial charge in [0.2, 0.25) is 0 Å². The average Bonchev–Trinajstić information content (AvgIpc) is 2.55. The van der Waals surface area contributed by atoms with E-state index in [2.05, 4.69) is 0 Å². The summed E-state index contributed by atoms with van der Waals surface area (Å²) in [7, 11) is 0. The van der Waals surface area contributed by atoms with Gasteiger partial charge in [0.25, 0.3) is 5.69 Å². The van der Waals surface area contributed by atoms with Crippen LogP contribution in [0.15, 0.2) is 54.7 Å². The Hall–Kier alpha value is -2.24. The maximum atomic E-state index is 11.5. The van der Waals surface area contributed by atoms with Crippen molar-refractivity contribution in [1.29, 1.82) is 0 Å². The van der Waals surface area contributed by atoms with Crippen LogP contribution >= 0.6 is 24.4 Å². The van der Waals surface area contributed by atoms with E-state index in [-0.39, 0.29) is 10.6 Å². The molecule has 0 aliphatic heterocycles. The number of hydrogen-bond donors (Lipinski definition) is 0. The Morgan fingerprint density at radius 3 is 2.13 bits per heavy atom. The van der Waals surface area contributed by atoms with Gasteiger partial charge in [-0.2, -0.15) is 0 Å². The molecule has 1 aromatic carbocycles. The molecule has 3 rings (SSSR count). The highest BCUT2D eigenvalue weighted by Crippen LogP contribution is 2.37. The first-order valence-electron chi connectivity index (χ1n) is 7.18. The number of thiocarbonyl (C=S) groups is 2. The lowest BCUT2D eigenvalue weighted by Crippen LogP contribution is -2.10. The van der Waals surface area contributed by atoms with Gasteiger partial charge >= 0.3 is 0 Å². The molecular formula is C18H13NO2S2. The second-order valence-corrected chi connectivity index (χ2v) is 6.21. The molecule has 0 saturated heterocycles.